The Labute approximate surface area is 169 Å². The van der Waals surface area contributed by atoms with Gasteiger partial charge in [0.15, 0.2) is 0 Å². The highest BCUT2D eigenvalue weighted by Gasteiger charge is 2.16. The van der Waals surface area contributed by atoms with Gasteiger partial charge in [-0.05, 0) is 35.4 Å². The van der Waals surface area contributed by atoms with Gasteiger partial charge in [0.1, 0.15) is 5.75 Å². The molecule has 0 spiro atoms. The number of aryl methyl sites for hydroxylation is 1. The molecule has 6 nitrogen and oxygen atoms in total. The van der Waals surface area contributed by atoms with Crippen molar-refractivity contribution in [2.75, 3.05) is 6.61 Å². The average Bonchev–Trinajstić information content (AvgIpc) is 3.19. The summed E-state index contributed by atoms with van der Waals surface area (Å²) in [7, 11) is 1.87. The SMILES string of the molecule is CCOc1ccc2ccccc2c1C(=O)NCc1ccc(-c2cnn(C)c2)nc1. The number of hydrogen-bond acceptors (Lipinski definition) is 4. The molecule has 0 fully saturated rings. The van der Waals surface area contributed by atoms with Crippen molar-refractivity contribution in [3.8, 4) is 17.0 Å². The highest BCUT2D eigenvalue weighted by molar-refractivity contribution is 6.09. The Balaban J connectivity index is 1.53. The molecule has 2 heterocycles. The van der Waals surface area contributed by atoms with E-state index in [4.69, 9.17) is 4.74 Å². The van der Waals surface area contributed by atoms with Crippen LogP contribution in [0.4, 0.5) is 0 Å². The molecule has 0 radical (unpaired) electrons. The van der Waals surface area contributed by atoms with E-state index >= 15 is 0 Å². The Morgan fingerprint density at radius 3 is 2.69 bits per heavy atom. The summed E-state index contributed by atoms with van der Waals surface area (Å²) in [6.07, 6.45) is 5.47. The van der Waals surface area contributed by atoms with Crippen LogP contribution in [-0.2, 0) is 13.6 Å². The molecule has 1 amide bonds. The summed E-state index contributed by atoms with van der Waals surface area (Å²) in [4.78, 5) is 17.5. The Morgan fingerprint density at radius 1 is 1.10 bits per heavy atom. The summed E-state index contributed by atoms with van der Waals surface area (Å²) in [5.41, 5.74) is 3.29. The van der Waals surface area contributed by atoms with Crippen LogP contribution < -0.4 is 10.1 Å². The normalized spacial score (nSPS) is 10.8. The van der Waals surface area contributed by atoms with Crippen LogP contribution in [-0.4, -0.2) is 27.3 Å². The lowest BCUT2D eigenvalue weighted by Gasteiger charge is -2.13. The third kappa shape index (κ3) is 3.96. The second-order valence-corrected chi connectivity index (χ2v) is 6.73. The van der Waals surface area contributed by atoms with Crippen LogP contribution in [0.5, 0.6) is 5.75 Å². The predicted octanol–water partition coefficient (Wildman–Crippen LogP) is 3.96. The molecule has 0 bridgehead atoms. The van der Waals surface area contributed by atoms with Crippen LogP contribution in [0.3, 0.4) is 0 Å². The van der Waals surface area contributed by atoms with Gasteiger partial charge >= 0.3 is 0 Å². The minimum Gasteiger partial charge on any atom is -0.493 e. The van der Waals surface area contributed by atoms with Crippen LogP contribution in [0, 0.1) is 0 Å². The Morgan fingerprint density at radius 2 is 1.97 bits per heavy atom. The fourth-order valence-electron chi connectivity index (χ4n) is 3.29. The fraction of sp³-hybridized carbons (Fsp3) is 0.174. The number of carbonyl (C=O) groups excluding carboxylic acids is 1. The molecular formula is C23H22N4O2. The van der Waals surface area contributed by atoms with Gasteiger partial charge in [-0.15, -0.1) is 0 Å². The number of nitrogens with one attached hydrogen (secondary N) is 1. The second kappa shape index (κ2) is 8.14. The summed E-state index contributed by atoms with van der Waals surface area (Å²) in [6, 6.07) is 15.5. The van der Waals surface area contributed by atoms with Crippen molar-refractivity contribution in [3.05, 3.63) is 78.2 Å². The quantitative estimate of drug-likeness (QED) is 0.544. The molecular weight excluding hydrogens is 364 g/mol. The molecule has 1 N–H and O–H groups in total. The van der Waals surface area contributed by atoms with Gasteiger partial charge in [-0.25, -0.2) is 0 Å². The second-order valence-electron chi connectivity index (χ2n) is 6.73. The summed E-state index contributed by atoms with van der Waals surface area (Å²) in [5.74, 6) is 0.426. The van der Waals surface area contributed by atoms with Crippen molar-refractivity contribution in [2.24, 2.45) is 7.05 Å². The van der Waals surface area contributed by atoms with Gasteiger partial charge in [0.25, 0.3) is 5.91 Å². The van der Waals surface area contributed by atoms with Crippen LogP contribution in [0.25, 0.3) is 22.0 Å². The molecule has 0 atom stereocenters. The van der Waals surface area contributed by atoms with Crippen LogP contribution in [0.15, 0.2) is 67.1 Å². The Bertz CT molecular complexity index is 1150. The van der Waals surface area contributed by atoms with Crippen LogP contribution in [0.2, 0.25) is 0 Å². The van der Waals surface area contributed by atoms with E-state index in [0.717, 1.165) is 27.6 Å². The Hall–Kier alpha value is -3.67. The first-order valence-corrected chi connectivity index (χ1v) is 9.52. The van der Waals surface area contributed by atoms with Crippen molar-refractivity contribution in [1.82, 2.24) is 20.1 Å². The van der Waals surface area contributed by atoms with E-state index in [0.29, 0.717) is 24.5 Å². The molecule has 0 aliphatic heterocycles. The maximum Gasteiger partial charge on any atom is 0.255 e. The highest BCUT2D eigenvalue weighted by Crippen LogP contribution is 2.28. The monoisotopic (exact) mass is 386 g/mol. The van der Waals surface area contributed by atoms with E-state index in [1.807, 2.05) is 68.7 Å². The lowest BCUT2D eigenvalue weighted by Crippen LogP contribution is -2.24. The number of carbonyl (C=O) groups is 1. The van der Waals surface area contributed by atoms with Gasteiger partial charge in [0.2, 0.25) is 0 Å². The van der Waals surface area contributed by atoms with Gasteiger partial charge < -0.3 is 10.1 Å². The van der Waals surface area contributed by atoms with E-state index < -0.39 is 0 Å². The summed E-state index contributed by atoms with van der Waals surface area (Å²) in [5, 5.41) is 9.04. The van der Waals surface area contributed by atoms with E-state index in [1.54, 1.807) is 17.1 Å². The highest BCUT2D eigenvalue weighted by atomic mass is 16.5. The minimum absolute atomic E-state index is 0.165. The molecule has 4 aromatic rings. The topological polar surface area (TPSA) is 69.0 Å². The Kier molecular flexibility index (Phi) is 5.24. The molecule has 0 aliphatic carbocycles. The first kappa shape index (κ1) is 18.7. The zero-order valence-corrected chi connectivity index (χ0v) is 16.4. The minimum atomic E-state index is -0.165. The number of hydrogen-bond donors (Lipinski definition) is 1. The number of aromatic nitrogens is 3. The molecule has 29 heavy (non-hydrogen) atoms. The number of nitrogens with zero attached hydrogens (tertiary/aromatic N) is 3. The van der Waals surface area contributed by atoms with Gasteiger partial charge in [-0.1, -0.05) is 36.4 Å². The number of pyridine rings is 1. The van der Waals surface area contributed by atoms with Crippen molar-refractivity contribution < 1.29 is 9.53 Å². The van der Waals surface area contributed by atoms with Gasteiger partial charge in [-0.3, -0.25) is 14.5 Å². The first-order valence-electron chi connectivity index (χ1n) is 9.52. The lowest BCUT2D eigenvalue weighted by molar-refractivity contribution is 0.0949. The maximum atomic E-state index is 13.0. The standard InChI is InChI=1S/C23H22N4O2/c1-3-29-21-11-9-17-6-4-5-7-19(17)22(21)23(28)25-13-16-8-10-20(24-12-16)18-14-26-27(2)15-18/h4-12,14-15H,3,13H2,1-2H3,(H,25,28). The molecule has 0 unspecified atom stereocenters. The smallest absolute Gasteiger partial charge is 0.255 e. The third-order valence-corrected chi connectivity index (χ3v) is 4.70. The van der Waals surface area contributed by atoms with Crippen LogP contribution in [0.1, 0.15) is 22.8 Å². The molecule has 0 aliphatic rings. The molecule has 2 aromatic carbocycles. The molecule has 4 rings (SSSR count). The number of amides is 1. The lowest BCUT2D eigenvalue weighted by atomic mass is 10.0. The van der Waals surface area contributed by atoms with E-state index in [9.17, 15) is 4.79 Å². The maximum absolute atomic E-state index is 13.0. The first-order chi connectivity index (χ1) is 14.2. The van der Waals surface area contributed by atoms with Crippen molar-refractivity contribution in [2.45, 2.75) is 13.5 Å². The summed E-state index contributed by atoms with van der Waals surface area (Å²) in [6.45, 7) is 2.79. The average molecular weight is 386 g/mol. The fourth-order valence-corrected chi connectivity index (χ4v) is 3.29. The summed E-state index contributed by atoms with van der Waals surface area (Å²) >= 11 is 0. The zero-order chi connectivity index (χ0) is 20.2. The molecule has 2 aromatic heterocycles. The number of rotatable bonds is 6. The molecule has 0 saturated carbocycles. The van der Waals surface area contributed by atoms with E-state index in [2.05, 4.69) is 15.4 Å². The zero-order valence-electron chi connectivity index (χ0n) is 16.4. The molecule has 0 saturated heterocycles. The van der Waals surface area contributed by atoms with Gasteiger partial charge in [0, 0.05) is 31.5 Å². The number of benzene rings is 2. The van der Waals surface area contributed by atoms with Crippen LogP contribution >= 0.6 is 0 Å². The van der Waals surface area contributed by atoms with Crippen molar-refractivity contribution in [1.29, 1.82) is 0 Å². The van der Waals surface area contributed by atoms with E-state index in [-0.39, 0.29) is 5.91 Å². The summed E-state index contributed by atoms with van der Waals surface area (Å²) < 4.78 is 7.45. The van der Waals surface area contributed by atoms with Crippen molar-refractivity contribution in [3.63, 3.8) is 0 Å². The van der Waals surface area contributed by atoms with Gasteiger partial charge in [0.05, 0.1) is 24.1 Å². The third-order valence-electron chi connectivity index (χ3n) is 4.70. The predicted molar refractivity (Wildman–Crippen MR) is 113 cm³/mol. The van der Waals surface area contributed by atoms with Crippen molar-refractivity contribution >= 4 is 16.7 Å². The number of ether oxygens (including phenoxy) is 1. The number of fused-ring (bicyclic) bond motifs is 1. The largest absolute Gasteiger partial charge is 0.493 e. The van der Waals surface area contributed by atoms with E-state index in [1.165, 1.54) is 0 Å². The molecule has 146 valence electrons. The van der Waals surface area contributed by atoms with Gasteiger partial charge in [-0.2, -0.15) is 5.10 Å². The molecule has 6 heteroatoms.